The van der Waals surface area contributed by atoms with Gasteiger partial charge in [0.1, 0.15) is 12.4 Å². The maximum absolute atomic E-state index is 13.1. The molecule has 194 valence electrons. The highest BCUT2D eigenvalue weighted by molar-refractivity contribution is 5.95. The van der Waals surface area contributed by atoms with E-state index in [1.807, 2.05) is 6.92 Å². The standard InChI is InChI=1S/C26H31N7O4/c1-3-4-9-37-26(36)19-10-18(11-20(27)12-19)21-14-32-24(30-2)25(35)33(21)15-22(34)31-13-16-5-7-17(8-6-16)23(28)29/h5-8,10-12,14H,3-4,9,13,15,27H2,1-2H3,(H3,28,29)(H,30,32)(H,31,34). The second-order valence-corrected chi connectivity index (χ2v) is 8.35. The van der Waals surface area contributed by atoms with Gasteiger partial charge in [-0.3, -0.25) is 19.6 Å². The average Bonchev–Trinajstić information content (AvgIpc) is 2.88. The molecule has 0 spiro atoms. The van der Waals surface area contributed by atoms with Crippen LogP contribution in [-0.2, 0) is 22.6 Å². The van der Waals surface area contributed by atoms with Crippen molar-refractivity contribution in [2.75, 3.05) is 24.7 Å². The van der Waals surface area contributed by atoms with Crippen LogP contribution in [0.1, 0.15) is 41.3 Å². The van der Waals surface area contributed by atoms with Crippen molar-refractivity contribution in [2.24, 2.45) is 5.73 Å². The highest BCUT2D eigenvalue weighted by atomic mass is 16.5. The predicted octanol–water partition coefficient (Wildman–Crippen LogP) is 2.09. The number of amidine groups is 1. The van der Waals surface area contributed by atoms with Crippen LogP contribution in [0.5, 0.6) is 0 Å². The van der Waals surface area contributed by atoms with Gasteiger partial charge in [-0.2, -0.15) is 0 Å². The second-order valence-electron chi connectivity index (χ2n) is 8.35. The third kappa shape index (κ3) is 6.94. The number of hydrogen-bond acceptors (Lipinski definition) is 8. The van der Waals surface area contributed by atoms with E-state index in [4.69, 9.17) is 21.6 Å². The number of anilines is 2. The van der Waals surface area contributed by atoms with Gasteiger partial charge in [-0.1, -0.05) is 37.6 Å². The van der Waals surface area contributed by atoms with E-state index >= 15 is 0 Å². The third-order valence-electron chi connectivity index (χ3n) is 5.57. The number of nitrogen functional groups attached to an aromatic ring is 2. The summed E-state index contributed by atoms with van der Waals surface area (Å²) in [5.41, 5.74) is 13.7. The van der Waals surface area contributed by atoms with Gasteiger partial charge in [0.15, 0.2) is 5.82 Å². The van der Waals surface area contributed by atoms with E-state index in [0.29, 0.717) is 29.1 Å². The zero-order valence-electron chi connectivity index (χ0n) is 20.8. The number of nitrogens with zero attached hydrogens (tertiary/aromatic N) is 2. The van der Waals surface area contributed by atoms with Gasteiger partial charge in [0.05, 0.1) is 24.1 Å². The van der Waals surface area contributed by atoms with Crippen molar-refractivity contribution in [3.63, 3.8) is 0 Å². The fourth-order valence-corrected chi connectivity index (χ4v) is 3.56. The van der Waals surface area contributed by atoms with Gasteiger partial charge in [0.25, 0.3) is 5.56 Å². The number of aromatic nitrogens is 2. The smallest absolute Gasteiger partial charge is 0.338 e. The molecule has 37 heavy (non-hydrogen) atoms. The number of nitrogens with one attached hydrogen (secondary N) is 3. The summed E-state index contributed by atoms with van der Waals surface area (Å²) in [6, 6.07) is 11.6. The van der Waals surface area contributed by atoms with Crippen LogP contribution in [0.25, 0.3) is 11.3 Å². The average molecular weight is 506 g/mol. The highest BCUT2D eigenvalue weighted by Crippen LogP contribution is 2.24. The quantitative estimate of drug-likeness (QED) is 0.0864. The molecule has 0 atom stereocenters. The van der Waals surface area contributed by atoms with Crippen molar-refractivity contribution in [3.05, 3.63) is 75.7 Å². The lowest BCUT2D eigenvalue weighted by atomic mass is 10.1. The fraction of sp³-hybridized carbons (Fsp3) is 0.269. The molecule has 11 nitrogen and oxygen atoms in total. The van der Waals surface area contributed by atoms with Gasteiger partial charge >= 0.3 is 5.97 Å². The molecule has 0 radical (unpaired) electrons. The van der Waals surface area contributed by atoms with E-state index in [1.165, 1.54) is 16.8 Å². The highest BCUT2D eigenvalue weighted by Gasteiger charge is 2.17. The summed E-state index contributed by atoms with van der Waals surface area (Å²) in [4.78, 5) is 42.6. The molecule has 0 aliphatic rings. The minimum atomic E-state index is -0.524. The Morgan fingerprint density at radius 2 is 1.86 bits per heavy atom. The topological polar surface area (TPSA) is 178 Å². The number of unbranched alkanes of at least 4 members (excludes halogenated alkanes) is 1. The first kappa shape index (κ1) is 26.9. The minimum Gasteiger partial charge on any atom is -0.462 e. The zero-order valence-corrected chi connectivity index (χ0v) is 20.8. The van der Waals surface area contributed by atoms with E-state index in [9.17, 15) is 14.4 Å². The third-order valence-corrected chi connectivity index (χ3v) is 5.57. The molecule has 3 rings (SSSR count). The summed E-state index contributed by atoms with van der Waals surface area (Å²) in [5.74, 6) is -0.904. The van der Waals surface area contributed by atoms with Crippen molar-refractivity contribution in [3.8, 4) is 11.3 Å². The van der Waals surface area contributed by atoms with E-state index in [1.54, 1.807) is 43.4 Å². The van der Waals surface area contributed by atoms with E-state index in [-0.39, 0.29) is 30.3 Å². The molecule has 1 heterocycles. The Labute approximate surface area is 214 Å². The molecule has 0 aliphatic carbocycles. The molecule has 0 saturated heterocycles. The Hall–Kier alpha value is -4.67. The zero-order chi connectivity index (χ0) is 26.9. The molecule has 0 aliphatic heterocycles. The first-order chi connectivity index (χ1) is 17.7. The number of esters is 1. The summed E-state index contributed by atoms with van der Waals surface area (Å²) < 4.78 is 6.56. The van der Waals surface area contributed by atoms with E-state index in [0.717, 1.165) is 18.4 Å². The Balaban J connectivity index is 1.86. The summed E-state index contributed by atoms with van der Waals surface area (Å²) in [7, 11) is 1.56. The molecule has 0 fully saturated rings. The number of amides is 1. The van der Waals surface area contributed by atoms with Gasteiger partial charge in [-0.25, -0.2) is 9.78 Å². The SMILES string of the molecule is CCCCOC(=O)c1cc(N)cc(-c2cnc(NC)c(=O)n2CC(=O)NCc2ccc(C(=N)N)cc2)c1. The number of benzene rings is 2. The summed E-state index contributed by atoms with van der Waals surface area (Å²) in [6.45, 7) is 2.22. The fourth-order valence-electron chi connectivity index (χ4n) is 3.56. The summed E-state index contributed by atoms with van der Waals surface area (Å²) in [5, 5.41) is 13.0. The first-order valence-electron chi connectivity index (χ1n) is 11.8. The molecule has 11 heteroatoms. The molecule has 1 amide bonds. The number of ether oxygens (including phenoxy) is 1. The lowest BCUT2D eigenvalue weighted by Gasteiger charge is -2.15. The normalized spacial score (nSPS) is 10.5. The van der Waals surface area contributed by atoms with E-state index in [2.05, 4.69) is 15.6 Å². The molecule has 1 aromatic heterocycles. The molecule has 0 unspecified atom stereocenters. The Bertz CT molecular complexity index is 1350. The van der Waals surface area contributed by atoms with Crippen LogP contribution in [0.2, 0.25) is 0 Å². The van der Waals surface area contributed by atoms with Crippen LogP contribution in [0.15, 0.2) is 53.5 Å². The second kappa shape index (κ2) is 12.3. The summed E-state index contributed by atoms with van der Waals surface area (Å²) >= 11 is 0. The van der Waals surface area contributed by atoms with Gasteiger partial charge in [0.2, 0.25) is 5.91 Å². The monoisotopic (exact) mass is 505 g/mol. The largest absolute Gasteiger partial charge is 0.462 e. The maximum Gasteiger partial charge on any atom is 0.338 e. The van der Waals surface area contributed by atoms with Crippen LogP contribution in [-0.4, -0.2) is 40.9 Å². The minimum absolute atomic E-state index is 0.0422. The Morgan fingerprint density at radius 1 is 1.14 bits per heavy atom. The predicted molar refractivity (Wildman–Crippen MR) is 142 cm³/mol. The lowest BCUT2D eigenvalue weighted by molar-refractivity contribution is -0.121. The Morgan fingerprint density at radius 3 is 2.51 bits per heavy atom. The number of carbonyl (C=O) groups excluding carboxylic acids is 2. The summed E-state index contributed by atoms with van der Waals surface area (Å²) in [6.07, 6.45) is 3.07. The number of carbonyl (C=O) groups is 2. The number of rotatable bonds is 11. The van der Waals surface area contributed by atoms with Crippen molar-refractivity contribution in [1.82, 2.24) is 14.9 Å². The lowest BCUT2D eigenvalue weighted by Crippen LogP contribution is -2.34. The van der Waals surface area contributed by atoms with Gasteiger partial charge in [-0.05, 0) is 30.2 Å². The van der Waals surface area contributed by atoms with Crippen LogP contribution >= 0.6 is 0 Å². The molecular weight excluding hydrogens is 474 g/mol. The van der Waals surface area contributed by atoms with Crippen molar-refractivity contribution >= 4 is 29.2 Å². The molecule has 3 aromatic rings. The van der Waals surface area contributed by atoms with Gasteiger partial charge in [0, 0.05) is 30.4 Å². The molecule has 7 N–H and O–H groups in total. The molecular formula is C26H31N7O4. The molecule has 2 aromatic carbocycles. The van der Waals surface area contributed by atoms with E-state index < -0.39 is 17.4 Å². The Kier molecular flexibility index (Phi) is 8.98. The maximum atomic E-state index is 13.1. The number of nitrogens with two attached hydrogens (primary N) is 2. The van der Waals surface area contributed by atoms with Crippen LogP contribution in [0.4, 0.5) is 11.5 Å². The first-order valence-corrected chi connectivity index (χ1v) is 11.8. The molecule has 0 bridgehead atoms. The van der Waals surface area contributed by atoms with Gasteiger partial charge in [-0.15, -0.1) is 0 Å². The van der Waals surface area contributed by atoms with Crippen LogP contribution in [0.3, 0.4) is 0 Å². The van der Waals surface area contributed by atoms with Crippen molar-refractivity contribution < 1.29 is 14.3 Å². The van der Waals surface area contributed by atoms with Crippen molar-refractivity contribution in [2.45, 2.75) is 32.9 Å². The molecule has 0 saturated carbocycles. The van der Waals surface area contributed by atoms with Crippen LogP contribution in [0, 0.1) is 5.41 Å². The number of hydrogen-bond donors (Lipinski definition) is 5. The van der Waals surface area contributed by atoms with Gasteiger partial charge < -0.3 is 26.8 Å². The van der Waals surface area contributed by atoms with Crippen molar-refractivity contribution in [1.29, 1.82) is 5.41 Å². The van der Waals surface area contributed by atoms with Crippen LogP contribution < -0.4 is 27.7 Å².